The van der Waals surface area contributed by atoms with E-state index in [1.54, 1.807) is 26.8 Å². The van der Waals surface area contributed by atoms with Gasteiger partial charge < -0.3 is 20.2 Å². The molecule has 1 aromatic carbocycles. The van der Waals surface area contributed by atoms with Crippen LogP contribution in [0.3, 0.4) is 0 Å². The molecule has 1 aliphatic heterocycles. The Morgan fingerprint density at radius 1 is 1.42 bits per heavy atom. The number of carbonyl (C=O) groups is 2. The maximum absolute atomic E-state index is 13.2. The van der Waals surface area contributed by atoms with Crippen molar-refractivity contribution >= 4 is 33.8 Å². The summed E-state index contributed by atoms with van der Waals surface area (Å²) in [6.45, 7) is 5.18. The Bertz CT molecular complexity index is 1010. The zero-order valence-corrected chi connectivity index (χ0v) is 15.9. The summed E-state index contributed by atoms with van der Waals surface area (Å²) in [5.74, 6) is -0.557. The predicted octanol–water partition coefficient (Wildman–Crippen LogP) is 2.64. The van der Waals surface area contributed by atoms with Crippen LogP contribution >= 0.6 is 15.9 Å². The van der Waals surface area contributed by atoms with Crippen molar-refractivity contribution in [3.05, 3.63) is 45.2 Å². The van der Waals surface area contributed by atoms with Crippen molar-refractivity contribution in [3.8, 4) is 11.3 Å². The van der Waals surface area contributed by atoms with Crippen LogP contribution in [0.5, 0.6) is 0 Å². The van der Waals surface area contributed by atoms with Crippen LogP contribution < -0.4 is 11.1 Å². The first-order chi connectivity index (χ1) is 12.3. The van der Waals surface area contributed by atoms with E-state index in [1.807, 2.05) is 12.1 Å². The zero-order chi connectivity index (χ0) is 18.8. The highest BCUT2D eigenvalue weighted by Crippen LogP contribution is 2.56. The molecule has 26 heavy (non-hydrogen) atoms. The Labute approximate surface area is 157 Å². The molecule has 0 saturated heterocycles. The molecule has 134 valence electrons. The molecule has 0 unspecified atom stereocenters. The molecule has 1 atom stereocenters. The summed E-state index contributed by atoms with van der Waals surface area (Å²) in [5, 5.41) is 2.77. The quantitative estimate of drug-likeness (QED) is 0.727. The molecule has 7 nitrogen and oxygen atoms in total. The molecule has 0 bridgehead atoms. The number of oxazole rings is 1. The average Bonchev–Trinajstić information content (AvgIpc) is 3.11. The van der Waals surface area contributed by atoms with Crippen molar-refractivity contribution in [2.75, 3.05) is 5.73 Å². The van der Waals surface area contributed by atoms with Gasteiger partial charge in [0.05, 0.1) is 11.7 Å². The van der Waals surface area contributed by atoms with Crippen LogP contribution in [0.15, 0.2) is 38.4 Å². The van der Waals surface area contributed by atoms with Crippen molar-refractivity contribution in [1.29, 1.82) is 0 Å². The third-order valence-electron chi connectivity index (χ3n) is 4.57. The number of nitrogens with one attached hydrogen (secondary N) is 1. The van der Waals surface area contributed by atoms with E-state index in [9.17, 15) is 9.59 Å². The minimum atomic E-state index is -1.44. The predicted molar refractivity (Wildman–Crippen MR) is 96.9 cm³/mol. The first kappa shape index (κ1) is 16.8. The van der Waals surface area contributed by atoms with Gasteiger partial charge in [-0.05, 0) is 44.5 Å². The molecule has 8 heteroatoms. The lowest BCUT2D eigenvalue weighted by atomic mass is 9.74. The number of fused-ring (bicyclic) bond motifs is 5. The van der Waals surface area contributed by atoms with Gasteiger partial charge in [0.25, 0.3) is 6.01 Å². The van der Waals surface area contributed by atoms with Gasteiger partial charge in [-0.3, -0.25) is 4.79 Å². The van der Waals surface area contributed by atoms with Crippen LogP contribution in [0.25, 0.3) is 11.3 Å². The number of amides is 1. The van der Waals surface area contributed by atoms with Crippen LogP contribution in [-0.2, 0) is 19.7 Å². The Hall–Kier alpha value is -2.61. The van der Waals surface area contributed by atoms with Gasteiger partial charge in [-0.15, -0.1) is 0 Å². The van der Waals surface area contributed by atoms with Crippen molar-refractivity contribution in [2.45, 2.75) is 32.3 Å². The van der Waals surface area contributed by atoms with Gasteiger partial charge in [-0.25, -0.2) is 4.79 Å². The van der Waals surface area contributed by atoms with E-state index >= 15 is 0 Å². The first-order valence-electron chi connectivity index (χ1n) is 8.07. The summed E-state index contributed by atoms with van der Waals surface area (Å²) in [4.78, 5) is 30.3. The largest absolute Gasteiger partial charge is 0.460 e. The lowest BCUT2D eigenvalue weighted by molar-refractivity contribution is -0.144. The summed E-state index contributed by atoms with van der Waals surface area (Å²) >= 11 is 3.44. The summed E-state index contributed by atoms with van der Waals surface area (Å²) in [6.07, 6.45) is -0.333. The number of nitrogen functional groups attached to an aromatic ring is 1. The third kappa shape index (κ3) is 2.02. The number of halogens is 1. The molecule has 0 radical (unpaired) electrons. The molecular formula is C18H16BrN3O4. The number of hydrogen-bond donors (Lipinski definition) is 2. The van der Waals surface area contributed by atoms with Crippen molar-refractivity contribution in [2.24, 2.45) is 0 Å². The van der Waals surface area contributed by atoms with Gasteiger partial charge in [0.15, 0.2) is 11.2 Å². The number of nitrogens with zero attached hydrogens (tertiary/aromatic N) is 1. The Morgan fingerprint density at radius 3 is 2.85 bits per heavy atom. The van der Waals surface area contributed by atoms with Crippen LogP contribution in [0.1, 0.15) is 32.0 Å². The molecule has 3 N–H and O–H groups in total. The first-order valence-corrected chi connectivity index (χ1v) is 8.87. The Kier molecular flexibility index (Phi) is 3.52. The zero-order valence-electron chi connectivity index (χ0n) is 14.3. The van der Waals surface area contributed by atoms with Gasteiger partial charge in [0.1, 0.15) is 5.69 Å². The van der Waals surface area contributed by atoms with Gasteiger partial charge in [-0.2, -0.15) is 4.98 Å². The van der Waals surface area contributed by atoms with Crippen molar-refractivity contribution in [1.82, 2.24) is 10.3 Å². The fraction of sp³-hybridized carbons (Fsp3) is 0.278. The molecule has 1 amide bonds. The highest BCUT2D eigenvalue weighted by Gasteiger charge is 2.61. The average molecular weight is 418 g/mol. The molecule has 4 rings (SSSR count). The van der Waals surface area contributed by atoms with Crippen LogP contribution in [0.2, 0.25) is 0 Å². The summed E-state index contributed by atoms with van der Waals surface area (Å²) in [7, 11) is 0. The Morgan fingerprint density at radius 2 is 2.15 bits per heavy atom. The number of aromatic nitrogens is 1. The lowest BCUT2D eigenvalue weighted by Crippen LogP contribution is -2.41. The second kappa shape index (κ2) is 5.44. The van der Waals surface area contributed by atoms with E-state index in [2.05, 4.69) is 26.2 Å². The van der Waals surface area contributed by atoms with Crippen molar-refractivity contribution in [3.63, 3.8) is 0 Å². The molecule has 2 aliphatic rings. The number of esters is 1. The van der Waals surface area contributed by atoms with Gasteiger partial charge in [-0.1, -0.05) is 15.9 Å². The molecule has 1 aromatic heterocycles. The number of rotatable bonds is 2. The monoisotopic (exact) mass is 417 g/mol. The second-order valence-corrected chi connectivity index (χ2v) is 7.49. The van der Waals surface area contributed by atoms with Gasteiger partial charge >= 0.3 is 5.97 Å². The molecular weight excluding hydrogens is 402 g/mol. The number of hydrogen-bond acceptors (Lipinski definition) is 6. The molecule has 1 spiro atoms. The lowest BCUT2D eigenvalue weighted by Gasteiger charge is -2.25. The highest BCUT2D eigenvalue weighted by atomic mass is 79.9. The topological polar surface area (TPSA) is 107 Å². The SMILES string of the molecule is CC1=C(C(=O)OC(C)C)[C@]2(C(=O)N1)c1cc(Br)ccc1-c1oc(N)nc12. The number of anilines is 1. The summed E-state index contributed by atoms with van der Waals surface area (Å²) in [6, 6.07) is 5.38. The van der Waals surface area contributed by atoms with Gasteiger partial charge in [0, 0.05) is 15.7 Å². The number of ether oxygens (including phenoxy) is 1. The molecule has 2 heterocycles. The molecule has 2 aromatic rings. The molecule has 0 fully saturated rings. The third-order valence-corrected chi connectivity index (χ3v) is 5.06. The highest BCUT2D eigenvalue weighted by molar-refractivity contribution is 9.10. The van der Waals surface area contributed by atoms with Crippen LogP contribution in [0, 0.1) is 0 Å². The van der Waals surface area contributed by atoms with E-state index < -0.39 is 11.4 Å². The standard InChI is InChI=1S/C18H16BrN3O4/c1-7(2)25-15(23)12-8(3)21-16(24)18(12)11-6-9(19)4-5-10(11)13-14(18)22-17(20)26-13/h4-7H,1-3H3,(H2,20,22)(H,21,24)/t18-/m1/s1. The van der Waals surface area contributed by atoms with E-state index in [0.29, 0.717) is 28.3 Å². The fourth-order valence-electron chi connectivity index (χ4n) is 3.71. The summed E-state index contributed by atoms with van der Waals surface area (Å²) in [5.41, 5.74) is 6.56. The molecule has 1 aliphatic carbocycles. The van der Waals surface area contributed by atoms with Crippen LogP contribution in [0.4, 0.5) is 6.01 Å². The van der Waals surface area contributed by atoms with E-state index in [0.717, 1.165) is 4.47 Å². The normalized spacial score (nSPS) is 20.6. The minimum Gasteiger partial charge on any atom is -0.460 e. The van der Waals surface area contributed by atoms with E-state index in [-0.39, 0.29) is 23.6 Å². The van der Waals surface area contributed by atoms with Gasteiger partial charge in [0.2, 0.25) is 5.91 Å². The second-order valence-electron chi connectivity index (χ2n) is 6.58. The number of nitrogens with two attached hydrogens (primary N) is 1. The number of carbonyl (C=O) groups excluding carboxylic acids is 2. The fourth-order valence-corrected chi connectivity index (χ4v) is 4.07. The number of allylic oxidation sites excluding steroid dienone is 1. The Balaban J connectivity index is 2.06. The summed E-state index contributed by atoms with van der Waals surface area (Å²) < 4.78 is 11.8. The maximum Gasteiger partial charge on any atom is 0.337 e. The van der Waals surface area contributed by atoms with E-state index in [1.165, 1.54) is 0 Å². The maximum atomic E-state index is 13.2. The molecule has 0 saturated carbocycles. The van der Waals surface area contributed by atoms with E-state index in [4.69, 9.17) is 14.9 Å². The smallest absolute Gasteiger partial charge is 0.337 e. The van der Waals surface area contributed by atoms with Crippen LogP contribution in [-0.4, -0.2) is 23.0 Å². The van der Waals surface area contributed by atoms with Crippen molar-refractivity contribution < 1.29 is 18.7 Å². The number of benzene rings is 1. The minimum absolute atomic E-state index is 0.0585.